The molecule has 1 aliphatic rings. The maximum absolute atomic E-state index is 11.0. The maximum Gasteiger partial charge on any atom is 0.220 e. The standard InChI is InChI=1S/C9H13N3O/c1-12-8-3-2-6(9(10)13)4-7(8)5-11-12/h5-6H,2-4H2,1H3,(H2,10,13)/t6-/m0/s1. The van der Waals surface area contributed by atoms with Gasteiger partial charge in [-0.15, -0.1) is 0 Å². The Morgan fingerprint density at radius 2 is 2.54 bits per heavy atom. The quantitative estimate of drug-likeness (QED) is 0.660. The maximum atomic E-state index is 11.0. The highest BCUT2D eigenvalue weighted by atomic mass is 16.1. The van der Waals surface area contributed by atoms with Crippen LogP contribution in [0.5, 0.6) is 0 Å². The monoisotopic (exact) mass is 179 g/mol. The lowest BCUT2D eigenvalue weighted by molar-refractivity contribution is -0.122. The van der Waals surface area contributed by atoms with E-state index >= 15 is 0 Å². The average molecular weight is 179 g/mol. The van der Waals surface area contributed by atoms with Gasteiger partial charge in [0.2, 0.25) is 5.91 Å². The highest BCUT2D eigenvalue weighted by Gasteiger charge is 2.24. The van der Waals surface area contributed by atoms with Gasteiger partial charge in [-0.1, -0.05) is 0 Å². The van der Waals surface area contributed by atoms with Gasteiger partial charge in [0.1, 0.15) is 0 Å². The fourth-order valence-electron chi connectivity index (χ4n) is 1.92. The first-order valence-electron chi connectivity index (χ1n) is 4.47. The van der Waals surface area contributed by atoms with Crippen molar-refractivity contribution in [1.82, 2.24) is 9.78 Å². The second kappa shape index (κ2) is 2.87. The molecule has 0 unspecified atom stereocenters. The van der Waals surface area contributed by atoms with Crippen molar-refractivity contribution < 1.29 is 4.79 Å². The smallest absolute Gasteiger partial charge is 0.220 e. The molecule has 0 radical (unpaired) electrons. The van der Waals surface area contributed by atoms with Crippen molar-refractivity contribution in [2.75, 3.05) is 0 Å². The number of aromatic nitrogens is 2. The van der Waals surface area contributed by atoms with Crippen LogP contribution in [0.25, 0.3) is 0 Å². The van der Waals surface area contributed by atoms with Crippen molar-refractivity contribution in [1.29, 1.82) is 0 Å². The van der Waals surface area contributed by atoms with Gasteiger partial charge in [-0.2, -0.15) is 5.10 Å². The molecule has 1 aliphatic carbocycles. The Morgan fingerprint density at radius 1 is 1.77 bits per heavy atom. The summed E-state index contributed by atoms with van der Waals surface area (Å²) in [7, 11) is 1.93. The van der Waals surface area contributed by atoms with Crippen molar-refractivity contribution in [2.24, 2.45) is 18.7 Å². The van der Waals surface area contributed by atoms with Crippen LogP contribution in [-0.2, 0) is 24.7 Å². The van der Waals surface area contributed by atoms with E-state index in [-0.39, 0.29) is 11.8 Å². The second-order valence-corrected chi connectivity index (χ2v) is 3.58. The zero-order valence-electron chi connectivity index (χ0n) is 7.66. The van der Waals surface area contributed by atoms with E-state index in [0.29, 0.717) is 0 Å². The minimum absolute atomic E-state index is 0.0108. The summed E-state index contributed by atoms with van der Waals surface area (Å²) in [6, 6.07) is 0. The third-order valence-corrected chi connectivity index (χ3v) is 2.75. The molecule has 1 atom stereocenters. The number of hydrogen-bond donors (Lipinski definition) is 1. The molecule has 13 heavy (non-hydrogen) atoms. The fraction of sp³-hybridized carbons (Fsp3) is 0.556. The van der Waals surface area contributed by atoms with E-state index < -0.39 is 0 Å². The van der Waals surface area contributed by atoms with E-state index in [0.717, 1.165) is 19.3 Å². The molecule has 4 nitrogen and oxygen atoms in total. The molecule has 1 amide bonds. The van der Waals surface area contributed by atoms with E-state index in [4.69, 9.17) is 5.73 Å². The Kier molecular flexibility index (Phi) is 1.83. The van der Waals surface area contributed by atoms with E-state index in [1.54, 1.807) is 0 Å². The van der Waals surface area contributed by atoms with Crippen LogP contribution >= 0.6 is 0 Å². The number of amides is 1. The van der Waals surface area contributed by atoms with Gasteiger partial charge in [-0.25, -0.2) is 0 Å². The summed E-state index contributed by atoms with van der Waals surface area (Å²) in [6.45, 7) is 0. The molecule has 0 aromatic carbocycles. The number of nitrogens with zero attached hydrogens (tertiary/aromatic N) is 2. The first-order chi connectivity index (χ1) is 6.18. The zero-order valence-corrected chi connectivity index (χ0v) is 7.66. The third-order valence-electron chi connectivity index (χ3n) is 2.75. The highest BCUT2D eigenvalue weighted by molar-refractivity contribution is 5.77. The molecule has 0 spiro atoms. The molecule has 0 saturated carbocycles. The first-order valence-corrected chi connectivity index (χ1v) is 4.47. The van der Waals surface area contributed by atoms with Crippen LogP contribution in [0.2, 0.25) is 0 Å². The fourth-order valence-corrected chi connectivity index (χ4v) is 1.92. The van der Waals surface area contributed by atoms with E-state index in [1.807, 2.05) is 17.9 Å². The van der Waals surface area contributed by atoms with Gasteiger partial charge >= 0.3 is 0 Å². The van der Waals surface area contributed by atoms with Gasteiger partial charge in [-0.05, 0) is 24.8 Å². The Balaban J connectivity index is 2.25. The predicted molar refractivity (Wildman–Crippen MR) is 47.9 cm³/mol. The minimum atomic E-state index is -0.186. The lowest BCUT2D eigenvalue weighted by atomic mass is 9.87. The summed E-state index contributed by atoms with van der Waals surface area (Å²) in [5, 5.41) is 4.16. The largest absolute Gasteiger partial charge is 0.369 e. The summed E-state index contributed by atoms with van der Waals surface area (Å²) >= 11 is 0. The summed E-state index contributed by atoms with van der Waals surface area (Å²) < 4.78 is 1.88. The summed E-state index contributed by atoms with van der Waals surface area (Å²) in [4.78, 5) is 11.0. The van der Waals surface area contributed by atoms with Gasteiger partial charge in [0.15, 0.2) is 0 Å². The van der Waals surface area contributed by atoms with Crippen LogP contribution < -0.4 is 5.73 Å². The number of carbonyl (C=O) groups is 1. The average Bonchev–Trinajstić information content (AvgIpc) is 2.47. The van der Waals surface area contributed by atoms with Gasteiger partial charge < -0.3 is 5.73 Å². The van der Waals surface area contributed by atoms with Crippen LogP contribution in [0.15, 0.2) is 6.20 Å². The van der Waals surface area contributed by atoms with Crippen molar-refractivity contribution >= 4 is 5.91 Å². The molecule has 1 heterocycles. The summed E-state index contributed by atoms with van der Waals surface area (Å²) in [6.07, 6.45) is 4.38. The molecule has 1 aromatic heterocycles. The number of aryl methyl sites for hydroxylation is 1. The lowest BCUT2D eigenvalue weighted by Crippen LogP contribution is -2.28. The molecular weight excluding hydrogens is 166 g/mol. The molecule has 0 saturated heterocycles. The van der Waals surface area contributed by atoms with Crippen molar-refractivity contribution in [3.63, 3.8) is 0 Å². The van der Waals surface area contributed by atoms with E-state index in [9.17, 15) is 4.79 Å². The first kappa shape index (κ1) is 8.29. The number of rotatable bonds is 1. The zero-order chi connectivity index (χ0) is 9.42. The molecule has 1 aromatic rings. The number of primary amides is 1. The Labute approximate surface area is 76.7 Å². The lowest BCUT2D eigenvalue weighted by Gasteiger charge is -2.19. The normalized spacial score (nSPS) is 21.2. The number of hydrogen-bond acceptors (Lipinski definition) is 2. The van der Waals surface area contributed by atoms with Crippen molar-refractivity contribution in [3.8, 4) is 0 Å². The van der Waals surface area contributed by atoms with Crippen LogP contribution in [0.3, 0.4) is 0 Å². The SMILES string of the molecule is Cn1ncc2c1CC[C@H](C(N)=O)C2. The molecule has 70 valence electrons. The molecule has 0 bridgehead atoms. The Morgan fingerprint density at radius 3 is 3.23 bits per heavy atom. The van der Waals surface area contributed by atoms with Gasteiger partial charge in [-0.3, -0.25) is 9.48 Å². The number of carbonyl (C=O) groups excluding carboxylic acids is 1. The summed E-state index contributed by atoms with van der Waals surface area (Å²) in [5.41, 5.74) is 7.69. The topological polar surface area (TPSA) is 60.9 Å². The van der Waals surface area contributed by atoms with Crippen molar-refractivity contribution in [2.45, 2.75) is 19.3 Å². The predicted octanol–water partition coefficient (Wildman–Crippen LogP) is 0.0103. The highest BCUT2D eigenvalue weighted by Crippen LogP contribution is 2.24. The molecule has 4 heteroatoms. The molecule has 0 fully saturated rings. The molecule has 0 aliphatic heterocycles. The van der Waals surface area contributed by atoms with Crippen molar-refractivity contribution in [3.05, 3.63) is 17.5 Å². The third kappa shape index (κ3) is 1.32. The van der Waals surface area contributed by atoms with E-state index in [1.165, 1.54) is 11.3 Å². The van der Waals surface area contributed by atoms with Crippen LogP contribution in [0.4, 0.5) is 0 Å². The summed E-state index contributed by atoms with van der Waals surface area (Å²) in [5.74, 6) is -0.175. The van der Waals surface area contributed by atoms with E-state index in [2.05, 4.69) is 5.10 Å². The number of fused-ring (bicyclic) bond motifs is 1. The number of nitrogens with two attached hydrogens (primary N) is 1. The molecular formula is C9H13N3O. The van der Waals surface area contributed by atoms with Crippen LogP contribution in [0.1, 0.15) is 17.7 Å². The minimum Gasteiger partial charge on any atom is -0.369 e. The Bertz CT molecular complexity index is 343. The van der Waals surface area contributed by atoms with Gasteiger partial charge in [0.05, 0.1) is 6.20 Å². The van der Waals surface area contributed by atoms with Gasteiger partial charge in [0.25, 0.3) is 0 Å². The van der Waals surface area contributed by atoms with Crippen LogP contribution in [0, 0.1) is 5.92 Å². The van der Waals surface area contributed by atoms with Gasteiger partial charge in [0, 0.05) is 18.7 Å². The molecule has 2 rings (SSSR count). The molecule has 2 N–H and O–H groups in total. The Hall–Kier alpha value is -1.32. The second-order valence-electron chi connectivity index (χ2n) is 3.58. The van der Waals surface area contributed by atoms with Crippen LogP contribution in [-0.4, -0.2) is 15.7 Å².